The first-order valence-corrected chi connectivity index (χ1v) is 14.5. The molecule has 0 radical (unpaired) electrons. The molecule has 4 rings (SSSR count). The maximum Gasteiger partial charge on any atom is 0.335 e. The number of methoxy groups -OCH3 is 1. The fraction of sp³-hybridized carbons (Fsp3) is 0.233. The predicted octanol–water partition coefficient (Wildman–Crippen LogP) is 6.61. The molecule has 1 N–H and O–H groups in total. The van der Waals surface area contributed by atoms with Crippen molar-refractivity contribution in [2.24, 2.45) is 4.99 Å². The number of para-hydroxylation sites is 1. The molecule has 0 aliphatic carbocycles. The highest BCUT2D eigenvalue weighted by molar-refractivity contribution is 14.1. The smallest absolute Gasteiger partial charge is 0.335 e. The number of halogens is 1. The Labute approximate surface area is 251 Å². The summed E-state index contributed by atoms with van der Waals surface area (Å²) in [6, 6.07) is 19.9. The standard InChI is InChI=1S/C30H29IN2O6S/c1-3-38-25-17-21(16-24(31)27(25)39-19-20-10-12-22(13-11-20)29(35)36)18-26-28(34)33(14-7-15-37-2)30(40-26)32-23-8-5-4-6-9-23/h4-6,8-13,16-18H,3,7,14-15,19H2,1-2H3,(H,35,36)/b26-18-,32-30?. The number of carboxylic acids is 1. The summed E-state index contributed by atoms with van der Waals surface area (Å²) in [7, 11) is 1.64. The Hall–Kier alpha value is -3.35. The first-order chi connectivity index (χ1) is 19.4. The molecule has 1 fully saturated rings. The van der Waals surface area contributed by atoms with E-state index in [2.05, 4.69) is 22.6 Å². The van der Waals surface area contributed by atoms with E-state index in [0.29, 0.717) is 47.8 Å². The molecule has 0 spiro atoms. The summed E-state index contributed by atoms with van der Waals surface area (Å²) in [4.78, 5) is 31.5. The number of carboxylic acid groups (broad SMARTS) is 1. The van der Waals surface area contributed by atoms with Crippen molar-refractivity contribution in [1.82, 2.24) is 4.90 Å². The molecule has 1 amide bonds. The van der Waals surface area contributed by atoms with Gasteiger partial charge in [0.1, 0.15) is 6.61 Å². The molecule has 1 saturated heterocycles. The quantitative estimate of drug-likeness (QED) is 0.132. The molecule has 208 valence electrons. The van der Waals surface area contributed by atoms with E-state index in [0.717, 1.165) is 20.4 Å². The molecule has 8 nitrogen and oxygen atoms in total. The van der Waals surface area contributed by atoms with Crippen molar-refractivity contribution < 1.29 is 28.9 Å². The van der Waals surface area contributed by atoms with Gasteiger partial charge in [-0.3, -0.25) is 9.69 Å². The number of aromatic carboxylic acids is 1. The number of carbonyl (C=O) groups is 2. The third-order valence-electron chi connectivity index (χ3n) is 5.81. The molecule has 40 heavy (non-hydrogen) atoms. The molecule has 1 aliphatic rings. The molecule has 1 heterocycles. The zero-order valence-corrected chi connectivity index (χ0v) is 25.1. The number of aliphatic imine (C=N–C) groups is 1. The monoisotopic (exact) mass is 672 g/mol. The number of thioether (sulfide) groups is 1. The molecule has 0 bridgehead atoms. The average molecular weight is 673 g/mol. The molecule has 1 aliphatic heterocycles. The number of ether oxygens (including phenoxy) is 3. The Morgan fingerprint density at radius 3 is 2.52 bits per heavy atom. The second kappa shape index (κ2) is 14.3. The minimum absolute atomic E-state index is 0.103. The van der Waals surface area contributed by atoms with Crippen molar-refractivity contribution >= 4 is 63.2 Å². The summed E-state index contributed by atoms with van der Waals surface area (Å²) < 4.78 is 18.0. The third kappa shape index (κ3) is 7.64. The summed E-state index contributed by atoms with van der Waals surface area (Å²) in [5.74, 6) is 0.0773. The molecule has 0 aromatic heterocycles. The van der Waals surface area contributed by atoms with Crippen LogP contribution in [0.3, 0.4) is 0 Å². The molecular formula is C30H29IN2O6S. The molecule has 10 heteroatoms. The summed E-state index contributed by atoms with van der Waals surface area (Å²) in [5, 5.41) is 9.75. The summed E-state index contributed by atoms with van der Waals surface area (Å²) in [6.07, 6.45) is 2.55. The summed E-state index contributed by atoms with van der Waals surface area (Å²) in [6.45, 7) is 3.64. The van der Waals surface area contributed by atoms with Crippen LogP contribution in [0.4, 0.5) is 5.69 Å². The van der Waals surface area contributed by atoms with Crippen LogP contribution < -0.4 is 9.47 Å². The van der Waals surface area contributed by atoms with Gasteiger partial charge in [0.15, 0.2) is 16.7 Å². The van der Waals surface area contributed by atoms with Crippen molar-refractivity contribution in [3.05, 3.63) is 91.9 Å². The van der Waals surface area contributed by atoms with E-state index in [1.807, 2.05) is 55.5 Å². The van der Waals surface area contributed by atoms with Crippen LogP contribution in [-0.2, 0) is 16.1 Å². The van der Waals surface area contributed by atoms with Crippen molar-refractivity contribution in [3.63, 3.8) is 0 Å². The first kappa shape index (κ1) is 29.6. The number of rotatable bonds is 12. The Kier molecular flexibility index (Phi) is 10.6. The van der Waals surface area contributed by atoms with Gasteiger partial charge >= 0.3 is 5.97 Å². The van der Waals surface area contributed by atoms with Crippen LogP contribution in [0, 0.1) is 3.57 Å². The van der Waals surface area contributed by atoms with Crippen molar-refractivity contribution in [2.75, 3.05) is 26.9 Å². The number of hydrogen-bond donors (Lipinski definition) is 1. The fourth-order valence-corrected chi connectivity index (χ4v) is 5.70. The Balaban J connectivity index is 1.59. The van der Waals surface area contributed by atoms with Crippen LogP contribution >= 0.6 is 34.4 Å². The highest BCUT2D eigenvalue weighted by atomic mass is 127. The second-order valence-electron chi connectivity index (χ2n) is 8.70. The van der Waals surface area contributed by atoms with E-state index >= 15 is 0 Å². The normalized spacial score (nSPS) is 15.2. The lowest BCUT2D eigenvalue weighted by atomic mass is 10.1. The maximum atomic E-state index is 13.4. The number of nitrogens with zero attached hydrogens (tertiary/aromatic N) is 2. The van der Waals surface area contributed by atoms with Gasteiger partial charge in [0, 0.05) is 20.3 Å². The number of carbonyl (C=O) groups excluding carboxylic acids is 1. The molecule has 0 saturated carbocycles. The zero-order valence-electron chi connectivity index (χ0n) is 22.1. The lowest BCUT2D eigenvalue weighted by molar-refractivity contribution is -0.122. The van der Waals surface area contributed by atoms with Crippen molar-refractivity contribution in [3.8, 4) is 11.5 Å². The summed E-state index contributed by atoms with van der Waals surface area (Å²) >= 11 is 3.54. The number of amidine groups is 1. The number of benzene rings is 3. The number of hydrogen-bond acceptors (Lipinski definition) is 7. The Morgan fingerprint density at radius 2 is 1.85 bits per heavy atom. The third-order valence-corrected chi connectivity index (χ3v) is 7.62. The highest BCUT2D eigenvalue weighted by Gasteiger charge is 2.33. The predicted molar refractivity (Wildman–Crippen MR) is 165 cm³/mol. The first-order valence-electron chi connectivity index (χ1n) is 12.6. The van der Waals surface area contributed by atoms with Gasteiger partial charge < -0.3 is 19.3 Å². The van der Waals surface area contributed by atoms with E-state index in [-0.39, 0.29) is 18.1 Å². The molecule has 0 atom stereocenters. The lowest BCUT2D eigenvalue weighted by Gasteiger charge is -2.15. The largest absolute Gasteiger partial charge is 0.490 e. The average Bonchev–Trinajstić information content (AvgIpc) is 3.22. The van der Waals surface area contributed by atoms with Crippen LogP contribution in [0.2, 0.25) is 0 Å². The van der Waals surface area contributed by atoms with Gasteiger partial charge in [-0.25, -0.2) is 9.79 Å². The number of amides is 1. The topological polar surface area (TPSA) is 97.7 Å². The van der Waals surface area contributed by atoms with Crippen molar-refractivity contribution in [1.29, 1.82) is 0 Å². The minimum atomic E-state index is -0.971. The van der Waals surface area contributed by atoms with Gasteiger partial charge in [0.05, 0.1) is 26.3 Å². The highest BCUT2D eigenvalue weighted by Crippen LogP contribution is 2.38. The van der Waals surface area contributed by atoms with E-state index in [4.69, 9.17) is 24.3 Å². The zero-order chi connectivity index (χ0) is 28.5. The fourth-order valence-electron chi connectivity index (χ4n) is 3.89. The van der Waals surface area contributed by atoms with Gasteiger partial charge in [-0.05, 0) is 101 Å². The van der Waals surface area contributed by atoms with Crippen LogP contribution in [0.5, 0.6) is 11.5 Å². The minimum Gasteiger partial charge on any atom is -0.490 e. The molecule has 0 unspecified atom stereocenters. The summed E-state index contributed by atoms with van der Waals surface area (Å²) in [5.41, 5.74) is 2.64. The van der Waals surface area contributed by atoms with Crippen LogP contribution in [0.15, 0.2) is 76.6 Å². The molecule has 3 aromatic rings. The Morgan fingerprint density at radius 1 is 1.10 bits per heavy atom. The van der Waals surface area contributed by atoms with E-state index in [1.54, 1.807) is 36.3 Å². The SMILES string of the molecule is CCOc1cc(/C=C2\SC(=Nc3ccccc3)N(CCCOC)C2=O)cc(I)c1OCc1ccc(C(=O)O)cc1. The molecular weight excluding hydrogens is 643 g/mol. The van der Waals surface area contributed by atoms with Crippen LogP contribution in [0.1, 0.15) is 34.8 Å². The van der Waals surface area contributed by atoms with Crippen molar-refractivity contribution in [2.45, 2.75) is 20.0 Å². The van der Waals surface area contributed by atoms with Gasteiger partial charge in [-0.2, -0.15) is 0 Å². The Bertz CT molecular complexity index is 1410. The second-order valence-corrected chi connectivity index (χ2v) is 10.9. The van der Waals surface area contributed by atoms with Gasteiger partial charge in [-0.15, -0.1) is 0 Å². The maximum absolute atomic E-state index is 13.4. The van der Waals surface area contributed by atoms with Gasteiger partial charge in [-0.1, -0.05) is 30.3 Å². The van der Waals surface area contributed by atoms with Gasteiger partial charge in [0.2, 0.25) is 0 Å². The molecule has 3 aromatic carbocycles. The lowest BCUT2D eigenvalue weighted by Crippen LogP contribution is -2.30. The van der Waals surface area contributed by atoms with E-state index in [1.165, 1.54) is 11.8 Å². The van der Waals surface area contributed by atoms with Gasteiger partial charge in [0.25, 0.3) is 5.91 Å². The van der Waals surface area contributed by atoms with E-state index < -0.39 is 5.97 Å². The van der Waals surface area contributed by atoms with Crippen LogP contribution in [0.25, 0.3) is 6.08 Å². The van der Waals surface area contributed by atoms with Crippen LogP contribution in [-0.4, -0.2) is 53.9 Å². The van der Waals surface area contributed by atoms with E-state index in [9.17, 15) is 9.59 Å².